The lowest BCUT2D eigenvalue weighted by molar-refractivity contribution is 0.102. The van der Waals surface area contributed by atoms with Gasteiger partial charge in [0.15, 0.2) is 10.9 Å². The quantitative estimate of drug-likeness (QED) is 0.384. The molecule has 0 amide bonds. The van der Waals surface area contributed by atoms with Crippen LogP contribution in [0.25, 0.3) is 0 Å². The van der Waals surface area contributed by atoms with Crippen molar-refractivity contribution in [3.05, 3.63) is 47.4 Å². The number of hydrogen-bond donors (Lipinski definition) is 1. The molecule has 2 heterocycles. The average Bonchev–Trinajstić information content (AvgIpc) is 2.72. The molecule has 0 bridgehead atoms. The monoisotopic (exact) mass is 316 g/mol. The first-order valence-corrected chi connectivity index (χ1v) is 7.95. The SMILES string of the molecule is C=CCn1c(C)cc(C(=O)CSc2nc(C)cc(N)n2)c1C. The van der Waals surface area contributed by atoms with Gasteiger partial charge < -0.3 is 10.3 Å². The van der Waals surface area contributed by atoms with E-state index in [4.69, 9.17) is 5.73 Å². The van der Waals surface area contributed by atoms with Crippen LogP contribution in [0.15, 0.2) is 29.9 Å². The van der Waals surface area contributed by atoms with Gasteiger partial charge in [0.2, 0.25) is 0 Å². The number of aromatic nitrogens is 3. The molecule has 0 radical (unpaired) electrons. The lowest BCUT2D eigenvalue weighted by Gasteiger charge is -2.06. The number of nitrogens with zero attached hydrogens (tertiary/aromatic N) is 3. The minimum absolute atomic E-state index is 0.0667. The van der Waals surface area contributed by atoms with Crippen LogP contribution in [-0.2, 0) is 6.54 Å². The molecule has 0 aliphatic heterocycles. The zero-order valence-corrected chi connectivity index (χ0v) is 13.9. The number of aryl methyl sites for hydroxylation is 2. The number of Topliss-reactive ketones (excluding diaryl/α,β-unsaturated/α-hetero) is 1. The van der Waals surface area contributed by atoms with Gasteiger partial charge in [-0.1, -0.05) is 17.8 Å². The first-order chi connectivity index (χ1) is 10.4. The first-order valence-electron chi connectivity index (χ1n) is 6.97. The van der Waals surface area contributed by atoms with Gasteiger partial charge in [-0.15, -0.1) is 6.58 Å². The number of carbonyl (C=O) groups excluding carboxylic acids is 1. The van der Waals surface area contributed by atoms with Crippen molar-refractivity contribution in [3.63, 3.8) is 0 Å². The molecule has 0 saturated heterocycles. The maximum atomic E-state index is 12.4. The zero-order valence-electron chi connectivity index (χ0n) is 13.1. The highest BCUT2D eigenvalue weighted by Crippen LogP contribution is 2.20. The molecule has 2 aromatic rings. The summed E-state index contributed by atoms with van der Waals surface area (Å²) in [6.45, 7) is 10.2. The second-order valence-electron chi connectivity index (χ2n) is 5.11. The molecule has 5 nitrogen and oxygen atoms in total. The Morgan fingerprint density at radius 1 is 1.36 bits per heavy atom. The number of nitrogen functional groups attached to an aromatic ring is 1. The van der Waals surface area contributed by atoms with Gasteiger partial charge >= 0.3 is 0 Å². The Kier molecular flexibility index (Phi) is 5.03. The topological polar surface area (TPSA) is 73.8 Å². The third-order valence-electron chi connectivity index (χ3n) is 3.37. The highest BCUT2D eigenvalue weighted by Gasteiger charge is 2.16. The number of hydrogen-bond acceptors (Lipinski definition) is 5. The number of nitrogens with two attached hydrogens (primary N) is 1. The summed E-state index contributed by atoms with van der Waals surface area (Å²) < 4.78 is 2.08. The molecule has 2 rings (SSSR count). The summed E-state index contributed by atoms with van der Waals surface area (Å²) in [5, 5.41) is 0.533. The molecule has 6 heteroatoms. The maximum absolute atomic E-state index is 12.4. The van der Waals surface area contributed by atoms with Crippen LogP contribution in [0.5, 0.6) is 0 Å². The Labute approximate surface area is 134 Å². The molecule has 0 spiro atoms. The fourth-order valence-corrected chi connectivity index (χ4v) is 3.12. The number of anilines is 1. The largest absolute Gasteiger partial charge is 0.384 e. The smallest absolute Gasteiger partial charge is 0.190 e. The van der Waals surface area contributed by atoms with E-state index in [9.17, 15) is 4.79 Å². The zero-order chi connectivity index (χ0) is 16.3. The van der Waals surface area contributed by atoms with Gasteiger partial charge in [0.1, 0.15) is 5.82 Å². The van der Waals surface area contributed by atoms with E-state index in [-0.39, 0.29) is 5.78 Å². The van der Waals surface area contributed by atoms with E-state index >= 15 is 0 Å². The van der Waals surface area contributed by atoms with Crippen LogP contribution in [0.4, 0.5) is 5.82 Å². The third-order valence-corrected chi connectivity index (χ3v) is 4.22. The fourth-order valence-electron chi connectivity index (χ4n) is 2.33. The summed E-state index contributed by atoms with van der Waals surface area (Å²) >= 11 is 1.31. The van der Waals surface area contributed by atoms with Crippen LogP contribution in [0.3, 0.4) is 0 Å². The molecule has 0 aliphatic rings. The van der Waals surface area contributed by atoms with Crippen LogP contribution in [0.2, 0.25) is 0 Å². The van der Waals surface area contributed by atoms with Gasteiger partial charge in [0.25, 0.3) is 0 Å². The van der Waals surface area contributed by atoms with Crippen molar-refractivity contribution in [2.45, 2.75) is 32.5 Å². The standard InChI is InChI=1S/C16H20N4OS/c1-5-6-20-11(3)8-13(12(20)4)14(21)9-22-16-18-10(2)7-15(17)19-16/h5,7-8H,1,6,9H2,2-4H3,(H2,17,18,19). The second kappa shape index (κ2) is 6.79. The number of rotatable bonds is 6. The predicted octanol–water partition coefficient (Wildman–Crippen LogP) is 2.95. The van der Waals surface area contributed by atoms with E-state index < -0.39 is 0 Å². The minimum Gasteiger partial charge on any atom is -0.384 e. The average molecular weight is 316 g/mol. The van der Waals surface area contributed by atoms with Crippen LogP contribution in [0.1, 0.15) is 27.4 Å². The highest BCUT2D eigenvalue weighted by molar-refractivity contribution is 7.99. The molecule has 0 saturated carbocycles. The molecule has 2 aromatic heterocycles. The molecule has 0 unspecified atom stereocenters. The molecule has 116 valence electrons. The van der Waals surface area contributed by atoms with Crippen molar-refractivity contribution in [1.82, 2.24) is 14.5 Å². The maximum Gasteiger partial charge on any atom is 0.190 e. The Bertz CT molecular complexity index is 701. The summed E-state index contributed by atoms with van der Waals surface area (Å²) in [4.78, 5) is 20.8. The Morgan fingerprint density at radius 3 is 2.73 bits per heavy atom. The van der Waals surface area contributed by atoms with Gasteiger partial charge in [0.05, 0.1) is 5.75 Å². The van der Waals surface area contributed by atoms with Crippen molar-refractivity contribution < 1.29 is 4.79 Å². The van der Waals surface area contributed by atoms with Crippen LogP contribution >= 0.6 is 11.8 Å². The van der Waals surface area contributed by atoms with Crippen molar-refractivity contribution in [2.24, 2.45) is 0 Å². The molecule has 0 aliphatic carbocycles. The molecular formula is C16H20N4OS. The summed E-state index contributed by atoms with van der Waals surface area (Å²) in [6, 6.07) is 3.63. The van der Waals surface area contributed by atoms with Crippen molar-refractivity contribution in [1.29, 1.82) is 0 Å². The number of carbonyl (C=O) groups is 1. The van der Waals surface area contributed by atoms with Gasteiger partial charge in [-0.25, -0.2) is 9.97 Å². The van der Waals surface area contributed by atoms with E-state index in [1.54, 1.807) is 6.07 Å². The lowest BCUT2D eigenvalue weighted by Crippen LogP contribution is -2.07. The predicted molar refractivity (Wildman–Crippen MR) is 90.3 cm³/mol. The van der Waals surface area contributed by atoms with Crippen molar-refractivity contribution in [2.75, 3.05) is 11.5 Å². The summed E-state index contributed by atoms with van der Waals surface area (Å²) in [5.41, 5.74) is 9.26. The van der Waals surface area contributed by atoms with Crippen molar-refractivity contribution >= 4 is 23.4 Å². The Hall–Kier alpha value is -2.08. The Morgan fingerprint density at radius 2 is 2.09 bits per heavy atom. The van der Waals surface area contributed by atoms with Gasteiger partial charge in [-0.3, -0.25) is 4.79 Å². The Balaban J connectivity index is 2.12. The highest BCUT2D eigenvalue weighted by atomic mass is 32.2. The van der Waals surface area contributed by atoms with Gasteiger partial charge in [0, 0.05) is 35.3 Å². The molecule has 2 N–H and O–H groups in total. The molecular weight excluding hydrogens is 296 g/mol. The van der Waals surface area contributed by atoms with Crippen LogP contribution in [0, 0.1) is 20.8 Å². The molecule has 0 atom stereocenters. The minimum atomic E-state index is 0.0667. The van der Waals surface area contributed by atoms with Crippen LogP contribution < -0.4 is 5.73 Å². The second-order valence-corrected chi connectivity index (χ2v) is 6.06. The number of ketones is 1. The van der Waals surface area contributed by atoms with E-state index in [1.165, 1.54) is 11.8 Å². The summed E-state index contributed by atoms with van der Waals surface area (Å²) in [6.07, 6.45) is 1.83. The summed E-state index contributed by atoms with van der Waals surface area (Å²) in [5.74, 6) is 0.782. The van der Waals surface area contributed by atoms with E-state index in [0.717, 1.165) is 22.6 Å². The lowest BCUT2D eigenvalue weighted by atomic mass is 10.2. The molecule has 22 heavy (non-hydrogen) atoms. The van der Waals surface area contributed by atoms with E-state index in [0.29, 0.717) is 23.3 Å². The van der Waals surface area contributed by atoms with Gasteiger partial charge in [-0.05, 0) is 26.8 Å². The van der Waals surface area contributed by atoms with Crippen molar-refractivity contribution in [3.8, 4) is 0 Å². The molecule has 0 aromatic carbocycles. The van der Waals surface area contributed by atoms with E-state index in [2.05, 4.69) is 21.1 Å². The van der Waals surface area contributed by atoms with E-state index in [1.807, 2.05) is 32.9 Å². The van der Waals surface area contributed by atoms with Gasteiger partial charge in [-0.2, -0.15) is 0 Å². The summed E-state index contributed by atoms with van der Waals surface area (Å²) in [7, 11) is 0. The van der Waals surface area contributed by atoms with Crippen LogP contribution in [-0.4, -0.2) is 26.1 Å². The fraction of sp³-hybridized carbons (Fsp3) is 0.312. The third kappa shape index (κ3) is 3.57. The number of allylic oxidation sites excluding steroid dienone is 1. The molecule has 0 fully saturated rings. The number of thioether (sulfide) groups is 1. The normalized spacial score (nSPS) is 10.7. The first kappa shape index (κ1) is 16.3.